The van der Waals surface area contributed by atoms with Crippen molar-refractivity contribution in [2.45, 2.75) is 17.6 Å². The highest BCUT2D eigenvalue weighted by atomic mass is 35.5. The van der Waals surface area contributed by atoms with Crippen molar-refractivity contribution < 1.29 is 13.2 Å². The van der Waals surface area contributed by atoms with Crippen molar-refractivity contribution in [2.75, 3.05) is 17.0 Å². The number of rotatable bonds is 9. The van der Waals surface area contributed by atoms with E-state index in [1.807, 2.05) is 19.1 Å². The molecule has 0 aliphatic rings. The van der Waals surface area contributed by atoms with Gasteiger partial charge >= 0.3 is 0 Å². The fraction of sp³-hybridized carbons (Fsp3) is 0.174. The van der Waals surface area contributed by atoms with Gasteiger partial charge in [-0.15, -0.1) is 0 Å². The fourth-order valence-corrected chi connectivity index (χ4v) is 4.96. The zero-order valence-corrected chi connectivity index (χ0v) is 20.4. The number of sulfonamides is 1. The number of benzene rings is 3. The van der Waals surface area contributed by atoms with Crippen molar-refractivity contribution in [1.82, 2.24) is 5.32 Å². The third-order valence-corrected chi connectivity index (χ3v) is 7.68. The van der Waals surface area contributed by atoms with Gasteiger partial charge in [0, 0.05) is 29.3 Å². The summed E-state index contributed by atoms with van der Waals surface area (Å²) in [5, 5.41) is 3.92. The Kier molecular flexibility index (Phi) is 8.48. The van der Waals surface area contributed by atoms with Crippen molar-refractivity contribution in [3.05, 3.63) is 93.5 Å². The predicted octanol–water partition coefficient (Wildman–Crippen LogP) is 5.77. The lowest BCUT2D eigenvalue weighted by Crippen LogP contribution is -2.25. The Labute approximate surface area is 202 Å². The van der Waals surface area contributed by atoms with Crippen molar-refractivity contribution in [3.63, 3.8) is 0 Å². The first-order valence-electron chi connectivity index (χ1n) is 9.74. The Balaban J connectivity index is 1.46. The van der Waals surface area contributed by atoms with Gasteiger partial charge in [0.25, 0.3) is 15.9 Å². The van der Waals surface area contributed by atoms with E-state index in [1.165, 1.54) is 0 Å². The largest absolute Gasteiger partial charge is 0.351 e. The standard InChI is InChI=1S/C23H22Cl2N2O3S2/c1-16-2-9-20(10-3-16)32(29,30)27-19-7-5-18(6-8-19)23(28)26-12-13-31-15-17-4-11-21(24)22(25)14-17/h2-11,14,27H,12-13,15H2,1H3,(H,26,28). The molecule has 3 aromatic carbocycles. The van der Waals surface area contributed by atoms with Crippen LogP contribution in [0.4, 0.5) is 5.69 Å². The van der Waals surface area contributed by atoms with Gasteiger partial charge in [-0.05, 0) is 61.0 Å². The average molecular weight is 509 g/mol. The molecule has 32 heavy (non-hydrogen) atoms. The highest BCUT2D eigenvalue weighted by Gasteiger charge is 2.14. The second-order valence-electron chi connectivity index (χ2n) is 7.05. The van der Waals surface area contributed by atoms with Crippen LogP contribution >= 0.6 is 35.0 Å². The Morgan fingerprint density at radius 2 is 1.62 bits per heavy atom. The van der Waals surface area contributed by atoms with Crippen LogP contribution in [-0.4, -0.2) is 26.6 Å². The van der Waals surface area contributed by atoms with Crippen molar-refractivity contribution >= 4 is 56.6 Å². The first-order chi connectivity index (χ1) is 15.2. The topological polar surface area (TPSA) is 75.3 Å². The van der Waals surface area contributed by atoms with Crippen LogP contribution in [0.2, 0.25) is 10.0 Å². The maximum absolute atomic E-state index is 12.5. The van der Waals surface area contributed by atoms with E-state index >= 15 is 0 Å². The Morgan fingerprint density at radius 1 is 0.938 bits per heavy atom. The number of hydrogen-bond acceptors (Lipinski definition) is 4. The van der Waals surface area contributed by atoms with E-state index in [0.717, 1.165) is 22.6 Å². The molecule has 0 unspecified atom stereocenters. The summed E-state index contributed by atoms with van der Waals surface area (Å²) in [5.74, 6) is 1.29. The first kappa shape index (κ1) is 24.5. The van der Waals surface area contributed by atoms with E-state index < -0.39 is 10.0 Å². The van der Waals surface area contributed by atoms with Crippen molar-refractivity contribution in [2.24, 2.45) is 0 Å². The Hall–Kier alpha value is -2.19. The smallest absolute Gasteiger partial charge is 0.261 e. The van der Waals surface area contributed by atoms with Crippen LogP contribution in [0.25, 0.3) is 0 Å². The van der Waals surface area contributed by atoms with Crippen molar-refractivity contribution in [3.8, 4) is 0 Å². The zero-order chi connectivity index (χ0) is 23.1. The van der Waals surface area contributed by atoms with Gasteiger partial charge in [-0.25, -0.2) is 8.42 Å². The minimum atomic E-state index is -3.68. The van der Waals surface area contributed by atoms with E-state index in [1.54, 1.807) is 66.4 Å². The molecule has 0 atom stereocenters. The average Bonchev–Trinajstić information content (AvgIpc) is 2.76. The molecule has 0 aromatic heterocycles. The van der Waals surface area contributed by atoms with Gasteiger partial charge in [0.1, 0.15) is 0 Å². The van der Waals surface area contributed by atoms with Crippen molar-refractivity contribution in [1.29, 1.82) is 0 Å². The molecule has 0 spiro atoms. The molecule has 0 aliphatic carbocycles. The quantitative estimate of drug-likeness (QED) is 0.360. The second-order valence-corrected chi connectivity index (χ2v) is 10.7. The molecule has 5 nitrogen and oxygen atoms in total. The number of amides is 1. The number of halogens is 2. The Morgan fingerprint density at radius 3 is 2.28 bits per heavy atom. The minimum absolute atomic E-state index is 0.184. The molecule has 0 fully saturated rings. The molecule has 0 saturated heterocycles. The number of carbonyl (C=O) groups excluding carboxylic acids is 1. The monoisotopic (exact) mass is 508 g/mol. The second kappa shape index (κ2) is 11.1. The molecule has 3 aromatic rings. The van der Waals surface area contributed by atoms with Gasteiger partial charge in [-0.2, -0.15) is 11.8 Å². The lowest BCUT2D eigenvalue weighted by atomic mass is 10.2. The molecule has 168 valence electrons. The summed E-state index contributed by atoms with van der Waals surface area (Å²) in [6, 6.07) is 18.4. The van der Waals surface area contributed by atoms with Crippen LogP contribution in [0.15, 0.2) is 71.6 Å². The summed E-state index contributed by atoms with van der Waals surface area (Å²) in [6.45, 7) is 2.40. The van der Waals surface area contributed by atoms with E-state index in [9.17, 15) is 13.2 Å². The van der Waals surface area contributed by atoms with Crippen LogP contribution in [0.3, 0.4) is 0 Å². The molecule has 1 amide bonds. The summed E-state index contributed by atoms with van der Waals surface area (Å²) < 4.78 is 27.5. The molecule has 0 aliphatic heterocycles. The summed E-state index contributed by atoms with van der Waals surface area (Å²) in [6.07, 6.45) is 0. The van der Waals surface area contributed by atoms with Gasteiger partial charge in [0.05, 0.1) is 14.9 Å². The van der Waals surface area contributed by atoms with E-state index in [4.69, 9.17) is 23.2 Å². The number of carbonyl (C=O) groups is 1. The summed E-state index contributed by atoms with van der Waals surface area (Å²) in [7, 11) is -3.68. The molecular formula is C23H22Cl2N2O3S2. The number of aryl methyl sites for hydroxylation is 1. The first-order valence-corrected chi connectivity index (χ1v) is 13.1. The predicted molar refractivity (Wildman–Crippen MR) is 133 cm³/mol. The fourth-order valence-electron chi connectivity index (χ4n) is 2.78. The van der Waals surface area contributed by atoms with Crippen LogP contribution < -0.4 is 10.0 Å². The maximum atomic E-state index is 12.5. The van der Waals surface area contributed by atoms with E-state index in [0.29, 0.717) is 27.8 Å². The molecule has 0 bridgehead atoms. The molecule has 0 saturated carbocycles. The lowest BCUT2D eigenvalue weighted by molar-refractivity contribution is 0.0956. The number of thioether (sulfide) groups is 1. The third kappa shape index (κ3) is 6.90. The van der Waals surface area contributed by atoms with Gasteiger partial charge in [-0.3, -0.25) is 9.52 Å². The van der Waals surface area contributed by atoms with Crippen LogP contribution in [0.1, 0.15) is 21.5 Å². The zero-order valence-electron chi connectivity index (χ0n) is 17.3. The summed E-state index contributed by atoms with van der Waals surface area (Å²) >= 11 is 13.6. The summed E-state index contributed by atoms with van der Waals surface area (Å²) in [4.78, 5) is 12.5. The Bertz CT molecular complexity index is 1180. The molecule has 3 rings (SSSR count). The van der Waals surface area contributed by atoms with Gasteiger partial charge < -0.3 is 5.32 Å². The lowest BCUT2D eigenvalue weighted by Gasteiger charge is -2.10. The van der Waals surface area contributed by atoms with Gasteiger partial charge in [0.2, 0.25) is 0 Å². The molecule has 0 heterocycles. The molecule has 2 N–H and O–H groups in total. The third-order valence-electron chi connectivity index (χ3n) is 4.52. The SMILES string of the molecule is Cc1ccc(S(=O)(=O)Nc2ccc(C(=O)NCCSCc3ccc(Cl)c(Cl)c3)cc2)cc1. The highest BCUT2D eigenvalue weighted by Crippen LogP contribution is 2.24. The van der Waals surface area contributed by atoms with Gasteiger partial charge in [0.15, 0.2) is 0 Å². The van der Waals surface area contributed by atoms with Crippen LogP contribution in [0.5, 0.6) is 0 Å². The van der Waals surface area contributed by atoms with E-state index in [-0.39, 0.29) is 10.8 Å². The molecule has 0 radical (unpaired) electrons. The highest BCUT2D eigenvalue weighted by molar-refractivity contribution is 7.98. The molecule has 9 heteroatoms. The summed E-state index contributed by atoms with van der Waals surface area (Å²) in [5.41, 5.74) is 2.89. The number of nitrogens with one attached hydrogen (secondary N) is 2. The van der Waals surface area contributed by atoms with Crippen LogP contribution in [0, 0.1) is 6.92 Å². The maximum Gasteiger partial charge on any atom is 0.261 e. The van der Waals surface area contributed by atoms with Crippen LogP contribution in [-0.2, 0) is 15.8 Å². The minimum Gasteiger partial charge on any atom is -0.351 e. The number of hydrogen-bond donors (Lipinski definition) is 2. The number of anilines is 1. The normalized spacial score (nSPS) is 11.2. The molecular weight excluding hydrogens is 487 g/mol. The van der Waals surface area contributed by atoms with Gasteiger partial charge in [-0.1, -0.05) is 47.0 Å². The van der Waals surface area contributed by atoms with E-state index in [2.05, 4.69) is 10.0 Å².